The van der Waals surface area contributed by atoms with Crippen molar-refractivity contribution in [3.8, 4) is 0 Å². The van der Waals surface area contributed by atoms with E-state index in [2.05, 4.69) is 12.2 Å². The van der Waals surface area contributed by atoms with Crippen molar-refractivity contribution in [1.82, 2.24) is 0 Å². The number of aryl methyl sites for hydroxylation is 1. The van der Waals surface area contributed by atoms with E-state index in [-0.39, 0.29) is 18.6 Å². The Balaban J connectivity index is 1.68. The molecule has 1 amide bonds. The molecule has 0 aromatic heterocycles. The van der Waals surface area contributed by atoms with Crippen LogP contribution in [0.5, 0.6) is 0 Å². The summed E-state index contributed by atoms with van der Waals surface area (Å²) in [7, 11) is 0. The third-order valence-electron chi connectivity index (χ3n) is 4.94. The highest BCUT2D eigenvalue weighted by atomic mass is 16.5. The molecule has 0 saturated carbocycles. The predicted octanol–water partition coefficient (Wildman–Crippen LogP) is 3.46. The lowest BCUT2D eigenvalue weighted by Gasteiger charge is -2.33. The maximum Gasteiger partial charge on any atom is 0.255 e. The lowest BCUT2D eigenvalue weighted by Crippen LogP contribution is -2.38. The largest absolute Gasteiger partial charge is 0.394 e. The summed E-state index contributed by atoms with van der Waals surface area (Å²) >= 11 is 0. The fourth-order valence-electron chi connectivity index (χ4n) is 3.41. The maximum absolute atomic E-state index is 12.6. The molecule has 3 atom stereocenters. The number of benzene rings is 2. The number of aliphatic hydroxyl groups excluding tert-OH is 2. The fraction of sp³-hybridized carbons (Fsp3) is 0.409. The number of hydrogen-bond acceptors (Lipinski definition) is 4. The van der Waals surface area contributed by atoms with Crippen LogP contribution in [0.25, 0.3) is 0 Å². The van der Waals surface area contributed by atoms with Gasteiger partial charge in [-0.05, 0) is 54.7 Å². The Kier molecular flexibility index (Phi) is 6.61. The van der Waals surface area contributed by atoms with Crippen LogP contribution in [0.3, 0.4) is 0 Å². The molecular weight excluding hydrogens is 342 g/mol. The number of anilines is 1. The van der Waals surface area contributed by atoms with E-state index in [1.54, 1.807) is 6.07 Å². The Labute approximate surface area is 160 Å². The normalized spacial score (nSPS) is 22.4. The van der Waals surface area contributed by atoms with E-state index in [0.717, 1.165) is 24.1 Å². The van der Waals surface area contributed by atoms with Crippen molar-refractivity contribution < 1.29 is 19.7 Å². The van der Waals surface area contributed by atoms with E-state index in [4.69, 9.17) is 4.74 Å². The van der Waals surface area contributed by atoms with Gasteiger partial charge in [0.15, 0.2) is 0 Å². The van der Waals surface area contributed by atoms with Crippen molar-refractivity contribution >= 4 is 11.6 Å². The summed E-state index contributed by atoms with van der Waals surface area (Å²) in [5.74, 6) is -0.172. The first-order chi connectivity index (χ1) is 13.1. The van der Waals surface area contributed by atoms with Gasteiger partial charge in [0, 0.05) is 11.3 Å². The summed E-state index contributed by atoms with van der Waals surface area (Å²) in [6.07, 6.45) is 1.89. The number of carbonyl (C=O) groups is 1. The summed E-state index contributed by atoms with van der Waals surface area (Å²) in [4.78, 5) is 12.6. The van der Waals surface area contributed by atoms with Crippen molar-refractivity contribution in [2.75, 3.05) is 11.9 Å². The highest BCUT2D eigenvalue weighted by molar-refractivity contribution is 6.04. The monoisotopic (exact) mass is 369 g/mol. The lowest BCUT2D eigenvalue weighted by molar-refractivity contribution is -0.135. The van der Waals surface area contributed by atoms with E-state index in [9.17, 15) is 15.0 Å². The minimum absolute atomic E-state index is 0.172. The molecule has 3 N–H and O–H groups in total. The smallest absolute Gasteiger partial charge is 0.255 e. The molecule has 27 heavy (non-hydrogen) atoms. The van der Waals surface area contributed by atoms with Gasteiger partial charge in [0.1, 0.15) is 6.10 Å². The summed E-state index contributed by atoms with van der Waals surface area (Å²) in [6, 6.07) is 15.2. The Morgan fingerprint density at radius 1 is 1.19 bits per heavy atom. The zero-order chi connectivity index (χ0) is 19.2. The third kappa shape index (κ3) is 4.95. The first kappa shape index (κ1) is 19.5. The number of amides is 1. The molecule has 1 aliphatic rings. The highest BCUT2D eigenvalue weighted by Crippen LogP contribution is 2.31. The maximum atomic E-state index is 12.6. The van der Waals surface area contributed by atoms with Crippen LogP contribution in [0.1, 0.15) is 53.8 Å². The van der Waals surface area contributed by atoms with E-state index in [1.165, 1.54) is 5.56 Å². The Bertz CT molecular complexity index is 759. The van der Waals surface area contributed by atoms with Crippen molar-refractivity contribution in [2.45, 2.75) is 50.9 Å². The fourth-order valence-corrected chi connectivity index (χ4v) is 3.41. The number of hydrogen-bond donors (Lipinski definition) is 3. The zero-order valence-corrected chi connectivity index (χ0v) is 15.6. The van der Waals surface area contributed by atoms with Gasteiger partial charge in [0.2, 0.25) is 0 Å². The molecule has 2 aromatic rings. The molecule has 1 heterocycles. The molecule has 2 unspecified atom stereocenters. The van der Waals surface area contributed by atoms with Gasteiger partial charge in [-0.3, -0.25) is 4.79 Å². The number of carbonyl (C=O) groups excluding carboxylic acids is 1. The molecule has 1 saturated heterocycles. The second kappa shape index (κ2) is 9.13. The first-order valence-corrected chi connectivity index (χ1v) is 9.55. The average molecular weight is 369 g/mol. The minimum atomic E-state index is -0.645. The third-order valence-corrected chi connectivity index (χ3v) is 4.94. The van der Waals surface area contributed by atoms with Crippen LogP contribution in [0.2, 0.25) is 0 Å². The van der Waals surface area contributed by atoms with Gasteiger partial charge >= 0.3 is 0 Å². The molecule has 2 aromatic carbocycles. The van der Waals surface area contributed by atoms with Gasteiger partial charge < -0.3 is 20.3 Å². The highest BCUT2D eigenvalue weighted by Gasteiger charge is 2.30. The zero-order valence-electron chi connectivity index (χ0n) is 15.6. The van der Waals surface area contributed by atoms with E-state index in [0.29, 0.717) is 18.4 Å². The second-order valence-electron chi connectivity index (χ2n) is 7.02. The average Bonchev–Trinajstić information content (AvgIpc) is 2.70. The standard InChI is InChI=1S/C22H27NO4/c1-2-4-15-7-9-18(10-8-15)23-22(26)17-6-3-5-16(13-17)20-12-11-19(25)21(14-24)27-20/h3,5-10,13,19-21,24-25H,2,4,11-12,14H2,1H3,(H,23,26)/t19?,20?,21-/m1/s1. The van der Waals surface area contributed by atoms with Crippen LogP contribution in [0, 0.1) is 0 Å². The topological polar surface area (TPSA) is 78.8 Å². The molecule has 5 heteroatoms. The molecule has 1 aliphatic heterocycles. The van der Waals surface area contributed by atoms with Crippen LogP contribution in [-0.4, -0.2) is 34.9 Å². The molecule has 0 bridgehead atoms. The van der Waals surface area contributed by atoms with Crippen LogP contribution in [0.15, 0.2) is 48.5 Å². The van der Waals surface area contributed by atoms with Crippen molar-refractivity contribution in [3.05, 3.63) is 65.2 Å². The van der Waals surface area contributed by atoms with Gasteiger partial charge in [0.05, 0.1) is 18.8 Å². The van der Waals surface area contributed by atoms with Gasteiger partial charge in [-0.1, -0.05) is 37.6 Å². The van der Waals surface area contributed by atoms with Gasteiger partial charge in [0.25, 0.3) is 5.91 Å². The van der Waals surface area contributed by atoms with Gasteiger partial charge in [-0.2, -0.15) is 0 Å². The first-order valence-electron chi connectivity index (χ1n) is 9.55. The van der Waals surface area contributed by atoms with Crippen molar-refractivity contribution in [3.63, 3.8) is 0 Å². The quantitative estimate of drug-likeness (QED) is 0.729. The van der Waals surface area contributed by atoms with E-state index >= 15 is 0 Å². The second-order valence-corrected chi connectivity index (χ2v) is 7.02. The molecule has 0 aliphatic carbocycles. The van der Waals surface area contributed by atoms with Gasteiger partial charge in [-0.25, -0.2) is 0 Å². The Morgan fingerprint density at radius 2 is 1.96 bits per heavy atom. The molecular formula is C22H27NO4. The van der Waals surface area contributed by atoms with Crippen LogP contribution < -0.4 is 5.32 Å². The van der Waals surface area contributed by atoms with Crippen LogP contribution in [0.4, 0.5) is 5.69 Å². The number of aliphatic hydroxyl groups is 2. The van der Waals surface area contributed by atoms with Crippen LogP contribution in [-0.2, 0) is 11.2 Å². The summed E-state index contributed by atoms with van der Waals surface area (Å²) in [5.41, 5.74) is 3.46. The molecule has 1 fully saturated rings. The van der Waals surface area contributed by atoms with E-state index < -0.39 is 12.2 Å². The molecule has 5 nitrogen and oxygen atoms in total. The summed E-state index contributed by atoms with van der Waals surface area (Å²) < 4.78 is 5.79. The number of nitrogens with one attached hydrogen (secondary N) is 1. The molecule has 144 valence electrons. The van der Waals surface area contributed by atoms with Crippen molar-refractivity contribution in [2.24, 2.45) is 0 Å². The predicted molar refractivity (Wildman–Crippen MR) is 105 cm³/mol. The molecule has 0 spiro atoms. The van der Waals surface area contributed by atoms with Gasteiger partial charge in [-0.15, -0.1) is 0 Å². The minimum Gasteiger partial charge on any atom is -0.394 e. The molecule has 3 rings (SSSR count). The molecule has 0 radical (unpaired) electrons. The SMILES string of the molecule is CCCc1ccc(NC(=O)c2cccc(C3CCC(O)[C@@H](CO)O3)c2)cc1. The van der Waals surface area contributed by atoms with E-state index in [1.807, 2.05) is 42.5 Å². The number of ether oxygens (including phenoxy) is 1. The number of rotatable bonds is 6. The van der Waals surface area contributed by atoms with Crippen molar-refractivity contribution in [1.29, 1.82) is 0 Å². The Hall–Kier alpha value is -2.21. The lowest BCUT2D eigenvalue weighted by atomic mass is 9.95. The van der Waals surface area contributed by atoms with Crippen LogP contribution >= 0.6 is 0 Å². The Morgan fingerprint density at radius 3 is 2.67 bits per heavy atom. The summed E-state index contributed by atoms with van der Waals surface area (Å²) in [5, 5.41) is 22.1. The summed E-state index contributed by atoms with van der Waals surface area (Å²) in [6.45, 7) is 1.92.